The molecule has 6 rings (SSSR count). The molecule has 3 N–H and O–H groups in total. The fourth-order valence-corrected chi connectivity index (χ4v) is 5.61. The number of hydrogen-bond donors (Lipinski definition) is 3. The van der Waals surface area contributed by atoms with E-state index in [2.05, 4.69) is 76.7 Å². The number of nitrogens with one attached hydrogen (secondary N) is 2. The zero-order chi connectivity index (χ0) is 45.9. The third-order valence-corrected chi connectivity index (χ3v) is 8.68. The number of quaternary nitrogens is 2. The summed E-state index contributed by atoms with van der Waals surface area (Å²) in [5.74, 6) is -47.1. The number of hydrogen-bond acceptors (Lipinski definition) is 3. The SMILES string of the molecule is C[NH+](C)c1ccccc1.C[NH+](C)c1ccccc1.[O-]B([O-])c1cc(-c2c(F)c(F)c(F)c(F)c2F)c(-c2c(F)c(F)c(F)c(F)c2F)c(-c2c(F)c(F)c(F)c(F)c2F)c1O. The molecule has 21 heteroatoms. The van der Waals surface area contributed by atoms with Crippen LogP contribution in [-0.4, -0.2) is 40.4 Å². The molecule has 0 saturated carbocycles. The van der Waals surface area contributed by atoms with Crippen molar-refractivity contribution >= 4 is 24.0 Å². The van der Waals surface area contributed by atoms with Gasteiger partial charge in [0.25, 0.3) is 0 Å². The maximum Gasteiger partial charge on any atom is 0.200 e. The molecule has 0 aliphatic heterocycles. The molecular weight excluding hydrogens is 852 g/mol. The molecule has 6 aromatic rings. The zero-order valence-corrected chi connectivity index (χ0v) is 31.4. The Kier molecular flexibility index (Phi) is 14.9. The number of para-hydroxylation sites is 2. The Labute approximate surface area is 335 Å². The van der Waals surface area contributed by atoms with E-state index >= 15 is 8.78 Å². The van der Waals surface area contributed by atoms with Gasteiger partial charge in [0.2, 0.25) is 17.5 Å². The van der Waals surface area contributed by atoms with Crippen LogP contribution in [0.1, 0.15) is 0 Å². The van der Waals surface area contributed by atoms with Gasteiger partial charge < -0.3 is 25.0 Å². The van der Waals surface area contributed by atoms with E-state index in [9.17, 15) is 72.2 Å². The van der Waals surface area contributed by atoms with Crippen LogP contribution in [0.3, 0.4) is 0 Å². The van der Waals surface area contributed by atoms with E-state index in [1.165, 1.54) is 21.2 Å². The molecular formula is C40H26BF15N2O3. The van der Waals surface area contributed by atoms with E-state index in [1.54, 1.807) is 0 Å². The van der Waals surface area contributed by atoms with Crippen LogP contribution in [0.15, 0.2) is 66.7 Å². The number of aromatic hydroxyl groups is 1. The van der Waals surface area contributed by atoms with Crippen molar-refractivity contribution in [3.8, 4) is 39.1 Å². The monoisotopic (exact) mass is 878 g/mol. The Morgan fingerprint density at radius 3 is 0.902 bits per heavy atom. The van der Waals surface area contributed by atoms with E-state index in [-0.39, 0.29) is 0 Å². The van der Waals surface area contributed by atoms with Gasteiger partial charge in [-0.3, -0.25) is 0 Å². The van der Waals surface area contributed by atoms with E-state index < -0.39 is 145 Å². The third-order valence-electron chi connectivity index (χ3n) is 8.68. The van der Waals surface area contributed by atoms with Gasteiger partial charge in [-0.05, 0) is 29.8 Å². The average molecular weight is 878 g/mol. The molecule has 5 nitrogen and oxygen atoms in total. The first-order chi connectivity index (χ1) is 28.5. The minimum Gasteiger partial charge on any atom is -0.889 e. The first-order valence-corrected chi connectivity index (χ1v) is 17.0. The van der Waals surface area contributed by atoms with Gasteiger partial charge in [0.05, 0.1) is 44.9 Å². The molecule has 0 aliphatic rings. The molecule has 322 valence electrons. The first kappa shape index (κ1) is 47.7. The van der Waals surface area contributed by atoms with Crippen molar-refractivity contribution in [3.63, 3.8) is 0 Å². The molecule has 0 aromatic heterocycles. The van der Waals surface area contributed by atoms with Crippen LogP contribution in [0, 0.1) is 87.3 Å². The molecule has 0 fully saturated rings. The predicted octanol–water partition coefficient (Wildman–Crippen LogP) is 5.82. The molecule has 6 aromatic carbocycles. The molecule has 0 heterocycles. The van der Waals surface area contributed by atoms with Crippen LogP contribution in [0.5, 0.6) is 5.75 Å². The third kappa shape index (κ3) is 9.19. The van der Waals surface area contributed by atoms with Crippen LogP contribution in [-0.2, 0) is 0 Å². The van der Waals surface area contributed by atoms with E-state index in [1.807, 2.05) is 12.1 Å². The lowest BCUT2D eigenvalue weighted by Crippen LogP contribution is -3.00. The van der Waals surface area contributed by atoms with Gasteiger partial charge in [-0.15, -0.1) is 0 Å². The van der Waals surface area contributed by atoms with Gasteiger partial charge in [0.15, 0.2) is 69.8 Å². The van der Waals surface area contributed by atoms with Gasteiger partial charge in [-0.25, -0.2) is 65.9 Å². The smallest absolute Gasteiger partial charge is 0.200 e. The molecule has 0 aliphatic carbocycles. The largest absolute Gasteiger partial charge is 0.889 e. The summed E-state index contributed by atoms with van der Waals surface area (Å²) in [7, 11) is 4.74. The van der Waals surface area contributed by atoms with E-state index in [4.69, 9.17) is 0 Å². The van der Waals surface area contributed by atoms with Crippen LogP contribution in [0.2, 0.25) is 0 Å². The molecule has 0 saturated heterocycles. The normalized spacial score (nSPS) is 11.1. The van der Waals surface area contributed by atoms with E-state index in [0.717, 1.165) is 0 Å². The second-order valence-corrected chi connectivity index (χ2v) is 13.0. The standard InChI is InChI=1S/C24H2BF15O3.2C8H11N/c26-9-5(10(27)16(33)21(38)15(9)32)2-1-3(25(42)43)24(41)6(8-13(30)19(36)23(40)20(37)14(8)31)4(2)7-11(28)17(34)22(39)18(35)12(7)29;2*1-9(2)8-6-4-3-5-7-8/h1,41H;2*3-7H,1-2H3/q-2;;/p+2. The average Bonchev–Trinajstić information content (AvgIpc) is 3.24. The number of phenols is 1. The molecule has 61 heavy (non-hydrogen) atoms. The highest BCUT2D eigenvalue weighted by Crippen LogP contribution is 2.50. The number of halogens is 15. The van der Waals surface area contributed by atoms with Crippen molar-refractivity contribution in [3.05, 3.63) is 154 Å². The summed E-state index contributed by atoms with van der Waals surface area (Å²) in [4.78, 5) is 2.74. The van der Waals surface area contributed by atoms with Crippen molar-refractivity contribution in [1.82, 2.24) is 0 Å². The Morgan fingerprint density at radius 2 is 0.639 bits per heavy atom. The quantitative estimate of drug-likeness (QED) is 0.0856. The van der Waals surface area contributed by atoms with Crippen LogP contribution in [0.4, 0.5) is 77.2 Å². The zero-order valence-electron chi connectivity index (χ0n) is 31.4. The van der Waals surface area contributed by atoms with Crippen LogP contribution in [0.25, 0.3) is 33.4 Å². The molecule has 0 spiro atoms. The van der Waals surface area contributed by atoms with Gasteiger partial charge in [0, 0.05) is 11.1 Å². The highest BCUT2D eigenvalue weighted by atomic mass is 19.2. The Bertz CT molecular complexity index is 2470. The molecule has 0 atom stereocenters. The topological polar surface area (TPSA) is 75.2 Å². The fraction of sp³-hybridized carbons (Fsp3) is 0.100. The summed E-state index contributed by atoms with van der Waals surface area (Å²) < 4.78 is 216. The maximum absolute atomic E-state index is 15.0. The summed E-state index contributed by atoms with van der Waals surface area (Å²) in [6.45, 7) is 0. The lowest BCUT2D eigenvalue weighted by atomic mass is 9.73. The van der Waals surface area contributed by atoms with E-state index in [0.29, 0.717) is 0 Å². The van der Waals surface area contributed by atoms with Crippen molar-refractivity contribution < 1.29 is 90.8 Å². The maximum atomic E-state index is 15.0. The van der Waals surface area contributed by atoms with Crippen LogP contribution < -0.4 is 25.3 Å². The van der Waals surface area contributed by atoms with Gasteiger partial charge >= 0.3 is 0 Å². The van der Waals surface area contributed by atoms with Crippen molar-refractivity contribution in [1.29, 1.82) is 0 Å². The summed E-state index contributed by atoms with van der Waals surface area (Å²) in [5.41, 5.74) is -13.9. The second kappa shape index (κ2) is 19.1. The number of phenolic OH excluding ortho intramolecular Hbond substituents is 1. The minimum atomic E-state index is -3.74. The fourth-order valence-electron chi connectivity index (χ4n) is 5.61. The van der Waals surface area contributed by atoms with Gasteiger partial charge in [-0.2, -0.15) is 0 Å². The summed E-state index contributed by atoms with van der Waals surface area (Å²) >= 11 is 0. The summed E-state index contributed by atoms with van der Waals surface area (Å²) in [5, 5.41) is 34.0. The first-order valence-electron chi connectivity index (χ1n) is 17.0. The lowest BCUT2D eigenvalue weighted by Gasteiger charge is -2.31. The highest BCUT2D eigenvalue weighted by Gasteiger charge is 2.38. The Hall–Kier alpha value is -6.03. The van der Waals surface area contributed by atoms with Crippen molar-refractivity contribution in [2.45, 2.75) is 0 Å². The lowest BCUT2D eigenvalue weighted by molar-refractivity contribution is -0.786. The Morgan fingerprint density at radius 1 is 0.377 bits per heavy atom. The molecule has 0 radical (unpaired) electrons. The van der Waals surface area contributed by atoms with Crippen LogP contribution >= 0.6 is 0 Å². The number of benzene rings is 6. The van der Waals surface area contributed by atoms with Crippen molar-refractivity contribution in [2.75, 3.05) is 28.2 Å². The van der Waals surface area contributed by atoms with Gasteiger partial charge in [-0.1, -0.05) is 55.0 Å². The van der Waals surface area contributed by atoms with Crippen molar-refractivity contribution in [2.24, 2.45) is 0 Å². The van der Waals surface area contributed by atoms with Gasteiger partial charge in [0.1, 0.15) is 17.1 Å². The molecule has 0 unspecified atom stereocenters. The highest BCUT2D eigenvalue weighted by molar-refractivity contribution is 6.57. The minimum absolute atomic E-state index is 0.415. The molecule has 0 amide bonds. The number of rotatable bonds is 6. The molecule has 0 bridgehead atoms. The summed E-state index contributed by atoms with van der Waals surface area (Å²) in [6, 6.07) is 20.4. The Balaban J connectivity index is 0.000000371. The predicted molar refractivity (Wildman–Crippen MR) is 187 cm³/mol. The summed E-state index contributed by atoms with van der Waals surface area (Å²) in [6.07, 6.45) is 0. The second-order valence-electron chi connectivity index (χ2n) is 13.0.